The summed E-state index contributed by atoms with van der Waals surface area (Å²) in [6.45, 7) is 4.52. The smallest absolute Gasteiger partial charge is 0.282 e. The number of aromatic nitrogens is 2. The standard InChI is InChI=1S/C18H23ClN4O4S/c1-12-9-22(10-13(2)26-12)28(24,25)23(16-7-8-16)11-17-20-21-18(27-17)14-3-5-15(19)6-4-14/h3-6,12-13,16H,7-11H2,1-2H3/t12-,13+. The molecule has 1 aromatic carbocycles. The van der Waals surface area contributed by atoms with Gasteiger partial charge in [-0.1, -0.05) is 11.6 Å². The number of hydrogen-bond acceptors (Lipinski definition) is 6. The van der Waals surface area contributed by atoms with Crippen LogP contribution in [0.3, 0.4) is 0 Å². The van der Waals surface area contributed by atoms with Crippen LogP contribution in [0.4, 0.5) is 0 Å². The average Bonchev–Trinajstić information content (AvgIpc) is 3.37. The van der Waals surface area contributed by atoms with Gasteiger partial charge >= 0.3 is 0 Å². The molecule has 2 aliphatic rings. The lowest BCUT2D eigenvalue weighted by molar-refractivity contribution is -0.0456. The Balaban J connectivity index is 1.54. The number of rotatable bonds is 6. The van der Waals surface area contributed by atoms with Crippen molar-refractivity contribution >= 4 is 21.8 Å². The summed E-state index contributed by atoms with van der Waals surface area (Å²) in [5.41, 5.74) is 0.736. The molecule has 1 saturated carbocycles. The first kappa shape index (κ1) is 19.8. The zero-order valence-electron chi connectivity index (χ0n) is 15.8. The van der Waals surface area contributed by atoms with Crippen molar-refractivity contribution in [2.24, 2.45) is 0 Å². The maximum atomic E-state index is 13.3. The average molecular weight is 427 g/mol. The first-order valence-electron chi connectivity index (χ1n) is 9.33. The van der Waals surface area contributed by atoms with E-state index in [9.17, 15) is 8.42 Å². The largest absolute Gasteiger partial charge is 0.419 e. The lowest BCUT2D eigenvalue weighted by atomic mass is 10.2. The lowest BCUT2D eigenvalue weighted by Gasteiger charge is -2.37. The Morgan fingerprint density at radius 1 is 1.14 bits per heavy atom. The highest BCUT2D eigenvalue weighted by molar-refractivity contribution is 7.86. The van der Waals surface area contributed by atoms with Crippen LogP contribution in [0.5, 0.6) is 0 Å². The van der Waals surface area contributed by atoms with Crippen molar-refractivity contribution in [2.75, 3.05) is 13.1 Å². The predicted octanol–water partition coefficient (Wildman–Crippen LogP) is 2.71. The van der Waals surface area contributed by atoms with Gasteiger partial charge in [0, 0.05) is 29.7 Å². The van der Waals surface area contributed by atoms with Crippen molar-refractivity contribution in [3.8, 4) is 11.5 Å². The summed E-state index contributed by atoms with van der Waals surface area (Å²) in [4.78, 5) is 0. The van der Waals surface area contributed by atoms with Gasteiger partial charge in [-0.2, -0.15) is 17.0 Å². The van der Waals surface area contributed by atoms with Crippen molar-refractivity contribution in [2.45, 2.75) is 51.5 Å². The monoisotopic (exact) mass is 426 g/mol. The minimum Gasteiger partial charge on any atom is -0.419 e. The second kappa shape index (κ2) is 7.72. The van der Waals surface area contributed by atoms with Crippen molar-refractivity contribution in [3.63, 3.8) is 0 Å². The topological polar surface area (TPSA) is 88.8 Å². The number of nitrogens with zero attached hydrogens (tertiary/aromatic N) is 4. The molecule has 1 aromatic heterocycles. The molecular weight excluding hydrogens is 404 g/mol. The molecule has 2 heterocycles. The summed E-state index contributed by atoms with van der Waals surface area (Å²) in [5.74, 6) is 0.614. The molecule has 2 fully saturated rings. The van der Waals surface area contributed by atoms with Gasteiger partial charge in [-0.25, -0.2) is 0 Å². The van der Waals surface area contributed by atoms with Gasteiger partial charge in [0.1, 0.15) is 0 Å². The first-order valence-corrected chi connectivity index (χ1v) is 11.1. The van der Waals surface area contributed by atoms with E-state index in [4.69, 9.17) is 20.8 Å². The number of morpholine rings is 1. The first-order chi connectivity index (χ1) is 13.3. The molecule has 1 saturated heterocycles. The fraction of sp³-hybridized carbons (Fsp3) is 0.556. The zero-order chi connectivity index (χ0) is 19.9. The summed E-state index contributed by atoms with van der Waals surface area (Å²) in [7, 11) is -3.64. The molecule has 10 heteroatoms. The van der Waals surface area contributed by atoms with Gasteiger partial charge in [0.15, 0.2) is 0 Å². The van der Waals surface area contributed by atoms with Crippen LogP contribution in [0.2, 0.25) is 5.02 Å². The van der Waals surface area contributed by atoms with Gasteiger partial charge < -0.3 is 9.15 Å². The van der Waals surface area contributed by atoms with Crippen LogP contribution in [0.1, 0.15) is 32.6 Å². The fourth-order valence-electron chi connectivity index (χ4n) is 3.39. The van der Waals surface area contributed by atoms with Gasteiger partial charge in [0.05, 0.1) is 18.8 Å². The van der Waals surface area contributed by atoms with E-state index in [1.54, 1.807) is 24.3 Å². The number of hydrogen-bond donors (Lipinski definition) is 0. The summed E-state index contributed by atoms with van der Waals surface area (Å²) in [6.07, 6.45) is 1.40. The Labute approximate surface area is 169 Å². The highest BCUT2D eigenvalue weighted by Crippen LogP contribution is 2.33. The summed E-state index contributed by atoms with van der Waals surface area (Å²) < 4.78 is 40.9. The molecule has 0 radical (unpaired) electrons. The highest BCUT2D eigenvalue weighted by Gasteiger charge is 2.43. The quantitative estimate of drug-likeness (QED) is 0.705. The Morgan fingerprint density at radius 3 is 2.39 bits per heavy atom. The molecule has 2 aromatic rings. The van der Waals surface area contributed by atoms with Gasteiger partial charge in [-0.3, -0.25) is 0 Å². The molecule has 8 nitrogen and oxygen atoms in total. The lowest BCUT2D eigenvalue weighted by Crippen LogP contribution is -2.53. The third kappa shape index (κ3) is 4.23. The van der Waals surface area contributed by atoms with Crippen LogP contribution >= 0.6 is 11.6 Å². The van der Waals surface area contributed by atoms with Gasteiger partial charge in [0.25, 0.3) is 10.2 Å². The van der Waals surface area contributed by atoms with Crippen LogP contribution in [0.25, 0.3) is 11.5 Å². The maximum Gasteiger partial charge on any atom is 0.282 e. The number of halogens is 1. The number of ether oxygens (including phenoxy) is 1. The second-order valence-electron chi connectivity index (χ2n) is 7.37. The van der Waals surface area contributed by atoms with Crippen LogP contribution in [-0.4, -0.2) is 58.6 Å². The molecule has 2 atom stereocenters. The molecule has 1 aliphatic carbocycles. The third-order valence-electron chi connectivity index (χ3n) is 4.81. The van der Waals surface area contributed by atoms with Crippen molar-refractivity contribution in [3.05, 3.63) is 35.2 Å². The molecule has 0 bridgehead atoms. The zero-order valence-corrected chi connectivity index (χ0v) is 17.4. The van der Waals surface area contributed by atoms with E-state index in [0.717, 1.165) is 18.4 Å². The fourth-order valence-corrected chi connectivity index (χ4v) is 5.47. The van der Waals surface area contributed by atoms with E-state index in [0.29, 0.717) is 24.0 Å². The SMILES string of the molecule is C[C@@H]1CN(S(=O)(=O)N(Cc2nnc(-c3ccc(Cl)cc3)o2)C2CC2)C[C@H](C)O1. The molecule has 152 valence electrons. The minimum atomic E-state index is -3.64. The molecule has 0 N–H and O–H groups in total. The Morgan fingerprint density at radius 2 is 1.79 bits per heavy atom. The van der Waals surface area contributed by atoms with E-state index < -0.39 is 10.2 Å². The second-order valence-corrected chi connectivity index (χ2v) is 9.68. The predicted molar refractivity (Wildman–Crippen MR) is 104 cm³/mol. The summed E-state index contributed by atoms with van der Waals surface area (Å²) in [6, 6.07) is 7.02. The van der Waals surface area contributed by atoms with Gasteiger partial charge in [-0.05, 0) is 51.0 Å². The van der Waals surface area contributed by atoms with Crippen molar-refractivity contribution in [1.29, 1.82) is 0 Å². The van der Waals surface area contributed by atoms with Crippen molar-refractivity contribution in [1.82, 2.24) is 18.8 Å². The molecule has 4 rings (SSSR count). The Kier molecular flexibility index (Phi) is 5.45. The molecule has 0 amide bonds. The van der Waals surface area contributed by atoms with Gasteiger partial charge in [0.2, 0.25) is 11.8 Å². The number of benzene rings is 1. The van der Waals surface area contributed by atoms with E-state index in [2.05, 4.69) is 10.2 Å². The molecular formula is C18H23ClN4O4S. The van der Waals surface area contributed by atoms with Crippen molar-refractivity contribution < 1.29 is 17.6 Å². The maximum absolute atomic E-state index is 13.3. The van der Waals surface area contributed by atoms with E-state index >= 15 is 0 Å². The van der Waals surface area contributed by atoms with E-state index in [1.165, 1.54) is 8.61 Å². The summed E-state index contributed by atoms with van der Waals surface area (Å²) >= 11 is 5.91. The molecule has 0 unspecified atom stereocenters. The Bertz CT molecular complexity index is 919. The van der Waals surface area contributed by atoms with E-state index in [-0.39, 0.29) is 30.7 Å². The van der Waals surface area contributed by atoms with E-state index in [1.807, 2.05) is 13.8 Å². The third-order valence-corrected chi connectivity index (χ3v) is 7.03. The van der Waals surface area contributed by atoms with Crippen LogP contribution in [0, 0.1) is 0 Å². The summed E-state index contributed by atoms with van der Waals surface area (Å²) in [5, 5.41) is 8.72. The Hall–Kier alpha value is -1.52. The molecule has 0 spiro atoms. The van der Waals surface area contributed by atoms with Crippen LogP contribution in [-0.2, 0) is 21.5 Å². The normalized spacial score (nSPS) is 24.0. The van der Waals surface area contributed by atoms with Gasteiger partial charge in [-0.15, -0.1) is 10.2 Å². The molecule has 1 aliphatic heterocycles. The molecule has 28 heavy (non-hydrogen) atoms. The highest BCUT2D eigenvalue weighted by atomic mass is 35.5. The van der Waals surface area contributed by atoms with Crippen LogP contribution in [0.15, 0.2) is 28.7 Å². The minimum absolute atomic E-state index is 0.0238. The van der Waals surface area contributed by atoms with Crippen LogP contribution < -0.4 is 0 Å².